The minimum absolute atomic E-state index is 0.841. The molecule has 0 amide bonds. The molecule has 0 aliphatic heterocycles. The van der Waals surface area contributed by atoms with Gasteiger partial charge in [0.25, 0.3) is 0 Å². The van der Waals surface area contributed by atoms with Gasteiger partial charge < -0.3 is 4.40 Å². The summed E-state index contributed by atoms with van der Waals surface area (Å²) in [4.78, 5) is 0. The Bertz CT molecular complexity index is 3020. The monoisotopic (exact) mass is 584 g/mol. The van der Waals surface area contributed by atoms with E-state index in [9.17, 15) is 0 Å². The van der Waals surface area contributed by atoms with Crippen LogP contribution in [0.15, 0.2) is 146 Å². The first-order chi connectivity index (χ1) is 22.8. The van der Waals surface area contributed by atoms with E-state index in [1.165, 1.54) is 65.2 Å². The Morgan fingerprint density at radius 3 is 1.80 bits per heavy atom. The summed E-state index contributed by atoms with van der Waals surface area (Å²) in [5.41, 5.74) is 7.95. The number of benzene rings is 7. The van der Waals surface area contributed by atoms with Crippen LogP contribution in [0.3, 0.4) is 0 Å². The summed E-state index contributed by atoms with van der Waals surface area (Å²) in [6.45, 7) is 0. The van der Waals surface area contributed by atoms with E-state index in [-0.39, 0.29) is 0 Å². The Balaban J connectivity index is 1.41. The highest BCUT2D eigenvalue weighted by Crippen LogP contribution is 2.47. The van der Waals surface area contributed by atoms with Gasteiger partial charge in [-0.3, -0.25) is 4.57 Å². The number of fused-ring (bicyclic) bond motifs is 12. The summed E-state index contributed by atoms with van der Waals surface area (Å²) in [6, 6.07) is 52.3. The van der Waals surface area contributed by atoms with Gasteiger partial charge in [-0.1, -0.05) is 115 Å². The van der Waals surface area contributed by atoms with E-state index < -0.39 is 0 Å². The summed E-state index contributed by atoms with van der Waals surface area (Å²) in [5, 5.41) is 22.1. The summed E-state index contributed by atoms with van der Waals surface area (Å²) in [7, 11) is 0. The number of rotatable bonds is 2. The van der Waals surface area contributed by atoms with Crippen LogP contribution in [0.4, 0.5) is 0 Å². The predicted octanol–water partition coefficient (Wildman–Crippen LogP) is 10.7. The average molecular weight is 585 g/mol. The Hall–Kier alpha value is -6.26. The van der Waals surface area contributed by atoms with Crippen LogP contribution in [0.5, 0.6) is 0 Å². The summed E-state index contributed by atoms with van der Waals surface area (Å²) < 4.78 is 4.84. The smallest absolute Gasteiger partial charge is 0.168 e. The first-order valence-corrected chi connectivity index (χ1v) is 15.7. The highest BCUT2D eigenvalue weighted by atomic mass is 15.2. The van der Waals surface area contributed by atoms with Gasteiger partial charge in [0.2, 0.25) is 0 Å². The van der Waals surface area contributed by atoms with Crippen molar-refractivity contribution in [2.75, 3.05) is 0 Å². The third-order valence-electron chi connectivity index (χ3n) is 9.89. The molecule has 0 N–H and O–H groups in total. The van der Waals surface area contributed by atoms with E-state index in [0.717, 1.165) is 33.4 Å². The van der Waals surface area contributed by atoms with Crippen molar-refractivity contribution in [3.63, 3.8) is 0 Å². The van der Waals surface area contributed by atoms with Crippen molar-refractivity contribution in [1.29, 1.82) is 0 Å². The van der Waals surface area contributed by atoms with Crippen molar-refractivity contribution in [2.45, 2.75) is 0 Å². The van der Waals surface area contributed by atoms with Gasteiger partial charge >= 0.3 is 0 Å². The van der Waals surface area contributed by atoms with Crippen LogP contribution in [0, 0.1) is 0 Å². The lowest BCUT2D eigenvalue weighted by atomic mass is 10.0. The molecule has 0 saturated heterocycles. The van der Waals surface area contributed by atoms with Crippen molar-refractivity contribution in [2.24, 2.45) is 0 Å². The van der Waals surface area contributed by atoms with Crippen LogP contribution >= 0.6 is 0 Å². The highest BCUT2D eigenvalue weighted by molar-refractivity contribution is 6.34. The molecule has 212 valence electrons. The molecule has 7 aromatic carbocycles. The molecule has 0 radical (unpaired) electrons. The highest BCUT2D eigenvalue weighted by Gasteiger charge is 2.26. The Labute approximate surface area is 262 Å². The molecule has 0 aliphatic carbocycles. The molecule has 0 atom stereocenters. The minimum Gasteiger partial charge on any atom is -0.308 e. The lowest BCUT2D eigenvalue weighted by Gasteiger charge is -2.13. The number of aromatic nitrogens is 4. The Morgan fingerprint density at radius 1 is 0.391 bits per heavy atom. The SMILES string of the molecule is c1ccc(-c2nnc(-n3c4cc5ccccc5cc4c4cc5c6ccccc6n6c7ccccc7c(c43)c56)c3ccccc23)cc1. The summed E-state index contributed by atoms with van der Waals surface area (Å²) >= 11 is 0. The summed E-state index contributed by atoms with van der Waals surface area (Å²) in [6.07, 6.45) is 0. The first kappa shape index (κ1) is 24.1. The van der Waals surface area contributed by atoms with Crippen molar-refractivity contribution in [3.8, 4) is 17.1 Å². The Morgan fingerprint density at radius 2 is 1.00 bits per heavy atom. The summed E-state index contributed by atoms with van der Waals surface area (Å²) in [5.74, 6) is 0.841. The van der Waals surface area contributed by atoms with Crippen LogP contribution in [0.25, 0.3) is 98.5 Å². The molecule has 0 unspecified atom stereocenters. The zero-order valence-electron chi connectivity index (χ0n) is 24.6. The van der Waals surface area contributed by atoms with Gasteiger partial charge in [0, 0.05) is 48.7 Å². The number of hydrogen-bond acceptors (Lipinski definition) is 2. The molecule has 4 nitrogen and oxygen atoms in total. The molecular weight excluding hydrogens is 560 g/mol. The molecule has 0 aliphatic rings. The normalized spacial score (nSPS) is 12.3. The van der Waals surface area contributed by atoms with Crippen molar-refractivity contribution in [1.82, 2.24) is 19.2 Å². The molecular formula is C42H24N4. The van der Waals surface area contributed by atoms with Crippen LogP contribution in [-0.4, -0.2) is 19.2 Å². The van der Waals surface area contributed by atoms with E-state index >= 15 is 0 Å². The molecule has 46 heavy (non-hydrogen) atoms. The molecule has 4 aromatic heterocycles. The maximum absolute atomic E-state index is 5.08. The van der Waals surface area contributed by atoms with Gasteiger partial charge in [-0.05, 0) is 41.1 Å². The second kappa shape index (κ2) is 8.68. The van der Waals surface area contributed by atoms with E-state index in [1.807, 2.05) is 6.07 Å². The van der Waals surface area contributed by atoms with Gasteiger partial charge in [0.1, 0.15) is 5.69 Å². The number of nitrogens with zero attached hydrogens (tertiary/aromatic N) is 4. The first-order valence-electron chi connectivity index (χ1n) is 15.7. The van der Waals surface area contributed by atoms with Crippen molar-refractivity contribution in [3.05, 3.63) is 146 Å². The molecule has 11 rings (SSSR count). The largest absolute Gasteiger partial charge is 0.308 e. The van der Waals surface area contributed by atoms with Crippen molar-refractivity contribution < 1.29 is 0 Å². The minimum atomic E-state index is 0.841. The lowest BCUT2D eigenvalue weighted by Crippen LogP contribution is -2.02. The second-order valence-corrected chi connectivity index (χ2v) is 12.2. The van der Waals surface area contributed by atoms with E-state index in [0.29, 0.717) is 0 Å². The molecule has 11 aromatic rings. The molecule has 0 spiro atoms. The quantitative estimate of drug-likeness (QED) is 0.203. The van der Waals surface area contributed by atoms with Crippen LogP contribution in [0.2, 0.25) is 0 Å². The Kier molecular flexibility index (Phi) is 4.55. The fraction of sp³-hybridized carbons (Fsp3) is 0. The molecule has 4 heteroatoms. The number of para-hydroxylation sites is 2. The maximum Gasteiger partial charge on any atom is 0.168 e. The van der Waals surface area contributed by atoms with E-state index in [2.05, 4.69) is 148 Å². The molecule has 0 bridgehead atoms. The third-order valence-corrected chi connectivity index (χ3v) is 9.89. The van der Waals surface area contributed by atoms with Crippen LogP contribution < -0.4 is 0 Å². The van der Waals surface area contributed by atoms with Crippen LogP contribution in [-0.2, 0) is 0 Å². The second-order valence-electron chi connectivity index (χ2n) is 12.2. The van der Waals surface area contributed by atoms with E-state index in [1.54, 1.807) is 0 Å². The van der Waals surface area contributed by atoms with Gasteiger partial charge in [0.05, 0.1) is 27.6 Å². The maximum atomic E-state index is 5.08. The topological polar surface area (TPSA) is 35.1 Å². The molecule has 4 heterocycles. The van der Waals surface area contributed by atoms with Gasteiger partial charge in [-0.25, -0.2) is 0 Å². The van der Waals surface area contributed by atoms with E-state index in [4.69, 9.17) is 10.2 Å². The average Bonchev–Trinajstić information content (AvgIpc) is 3.75. The molecule has 0 saturated carbocycles. The molecule has 0 fully saturated rings. The van der Waals surface area contributed by atoms with Crippen LogP contribution in [0.1, 0.15) is 0 Å². The predicted molar refractivity (Wildman–Crippen MR) is 191 cm³/mol. The van der Waals surface area contributed by atoms with Crippen molar-refractivity contribution >= 4 is 81.4 Å². The third kappa shape index (κ3) is 2.98. The fourth-order valence-corrected chi connectivity index (χ4v) is 7.97. The van der Waals surface area contributed by atoms with Gasteiger partial charge in [-0.2, -0.15) is 0 Å². The van der Waals surface area contributed by atoms with Gasteiger partial charge in [0.15, 0.2) is 5.82 Å². The van der Waals surface area contributed by atoms with Gasteiger partial charge in [-0.15, -0.1) is 10.2 Å². The number of hydrogen-bond donors (Lipinski definition) is 0. The lowest BCUT2D eigenvalue weighted by molar-refractivity contribution is 0.978. The zero-order valence-corrected chi connectivity index (χ0v) is 24.6. The fourth-order valence-electron chi connectivity index (χ4n) is 7.97. The standard InChI is InChI=1S/C42H24N4/c1-2-12-25(13-3-1)39-29-17-6-7-18-30(29)42(44-43-39)46-37-23-27-15-5-4-14-26(27)22-32(37)34-24-33-28-16-8-10-20-35(28)45-36-21-11-9-19-31(36)38(40(33)45)41(34)46/h1-24H. The zero-order chi connectivity index (χ0) is 29.9.